The minimum absolute atomic E-state index is 0.184. The smallest absolute Gasteiger partial charge is 0.218 e. The molecule has 2 fully saturated rings. The number of piperazine rings is 1. The molecule has 1 aromatic heterocycles. The van der Waals surface area contributed by atoms with Gasteiger partial charge in [-0.15, -0.1) is 0 Å². The molecule has 0 aliphatic carbocycles. The van der Waals surface area contributed by atoms with Crippen molar-refractivity contribution in [2.45, 2.75) is 25.5 Å². The first kappa shape index (κ1) is 20.0. The molecule has 0 atom stereocenters. The molecule has 0 spiro atoms. The first-order valence-corrected chi connectivity index (χ1v) is 11.6. The van der Waals surface area contributed by atoms with Crippen LogP contribution in [0.1, 0.15) is 24.2 Å². The second kappa shape index (κ2) is 8.23. The molecule has 0 amide bonds. The van der Waals surface area contributed by atoms with Crippen molar-refractivity contribution in [3.63, 3.8) is 0 Å². The van der Waals surface area contributed by atoms with E-state index in [2.05, 4.69) is 19.8 Å². The van der Waals surface area contributed by atoms with Crippen molar-refractivity contribution in [2.24, 2.45) is 0 Å². The van der Waals surface area contributed by atoms with E-state index in [1.54, 1.807) is 6.07 Å². The molecule has 9 heteroatoms. The van der Waals surface area contributed by atoms with Crippen molar-refractivity contribution < 1.29 is 12.8 Å². The maximum atomic E-state index is 13.4. The van der Waals surface area contributed by atoms with Gasteiger partial charge in [-0.1, -0.05) is 12.1 Å². The van der Waals surface area contributed by atoms with Gasteiger partial charge in [-0.2, -0.15) is 4.31 Å². The lowest BCUT2D eigenvalue weighted by molar-refractivity contribution is 0.383. The van der Waals surface area contributed by atoms with Crippen LogP contribution >= 0.6 is 0 Å². The fourth-order valence-corrected chi connectivity index (χ4v) is 5.43. The van der Waals surface area contributed by atoms with Crippen molar-refractivity contribution >= 4 is 21.7 Å². The van der Waals surface area contributed by atoms with Crippen LogP contribution < -0.4 is 9.80 Å². The van der Waals surface area contributed by atoms with E-state index in [0.717, 1.165) is 30.5 Å². The van der Waals surface area contributed by atoms with Gasteiger partial charge in [0.05, 0.1) is 5.75 Å². The Morgan fingerprint density at radius 2 is 1.55 bits per heavy atom. The van der Waals surface area contributed by atoms with Crippen LogP contribution in [0, 0.1) is 12.7 Å². The van der Waals surface area contributed by atoms with E-state index in [9.17, 15) is 12.8 Å². The van der Waals surface area contributed by atoms with Crippen LogP contribution in [0.3, 0.4) is 0 Å². The van der Waals surface area contributed by atoms with E-state index in [1.165, 1.54) is 35.3 Å². The third kappa shape index (κ3) is 4.67. The monoisotopic (exact) mass is 419 g/mol. The molecule has 0 saturated carbocycles. The average molecular weight is 420 g/mol. The van der Waals surface area contributed by atoms with Gasteiger partial charge in [-0.05, 0) is 37.5 Å². The molecule has 29 heavy (non-hydrogen) atoms. The van der Waals surface area contributed by atoms with Gasteiger partial charge in [0.25, 0.3) is 0 Å². The highest BCUT2D eigenvalue weighted by Gasteiger charge is 2.28. The molecule has 4 rings (SSSR count). The minimum atomic E-state index is -3.49. The lowest BCUT2D eigenvalue weighted by Gasteiger charge is -2.35. The minimum Gasteiger partial charge on any atom is -0.356 e. The molecule has 156 valence electrons. The summed E-state index contributed by atoms with van der Waals surface area (Å²) in [6.07, 6.45) is 2.36. The maximum absolute atomic E-state index is 13.4. The van der Waals surface area contributed by atoms with E-state index in [1.807, 2.05) is 13.0 Å². The predicted molar refractivity (Wildman–Crippen MR) is 111 cm³/mol. The second-order valence-electron chi connectivity index (χ2n) is 7.60. The van der Waals surface area contributed by atoms with Crippen LogP contribution in [-0.4, -0.2) is 62.0 Å². The summed E-state index contributed by atoms with van der Waals surface area (Å²) in [7, 11) is -3.49. The Hall–Kier alpha value is -2.26. The highest BCUT2D eigenvalue weighted by molar-refractivity contribution is 7.88. The molecule has 0 radical (unpaired) electrons. The molecule has 7 nitrogen and oxygen atoms in total. The van der Waals surface area contributed by atoms with Crippen LogP contribution in [-0.2, 0) is 15.8 Å². The average Bonchev–Trinajstić information content (AvgIpc) is 3.22. The van der Waals surface area contributed by atoms with Gasteiger partial charge in [-0.25, -0.2) is 22.8 Å². The molecule has 0 N–H and O–H groups in total. The van der Waals surface area contributed by atoms with Gasteiger partial charge < -0.3 is 9.80 Å². The molecule has 2 saturated heterocycles. The third-order valence-corrected chi connectivity index (χ3v) is 7.29. The van der Waals surface area contributed by atoms with Gasteiger partial charge in [0, 0.05) is 45.3 Å². The van der Waals surface area contributed by atoms with Crippen molar-refractivity contribution in [2.75, 3.05) is 49.1 Å². The fourth-order valence-electron chi connectivity index (χ4n) is 3.93. The summed E-state index contributed by atoms with van der Waals surface area (Å²) in [6.45, 7) is 5.84. The van der Waals surface area contributed by atoms with Crippen molar-refractivity contribution in [1.82, 2.24) is 14.3 Å². The first-order valence-electron chi connectivity index (χ1n) is 9.98. The van der Waals surface area contributed by atoms with E-state index < -0.39 is 15.8 Å². The number of halogens is 1. The number of benzene rings is 1. The molecule has 2 aliphatic rings. The molecular formula is C20H26FN5O2S. The van der Waals surface area contributed by atoms with Gasteiger partial charge in [0.2, 0.25) is 10.0 Å². The molecule has 1 aromatic carbocycles. The summed E-state index contributed by atoms with van der Waals surface area (Å²) in [5.41, 5.74) is 0.467. The maximum Gasteiger partial charge on any atom is 0.218 e. The van der Waals surface area contributed by atoms with E-state index in [0.29, 0.717) is 31.7 Å². The number of hydrogen-bond acceptors (Lipinski definition) is 6. The van der Waals surface area contributed by atoms with E-state index in [-0.39, 0.29) is 5.75 Å². The van der Waals surface area contributed by atoms with Crippen molar-refractivity contribution in [3.8, 4) is 0 Å². The number of aryl methyl sites for hydroxylation is 1. The molecule has 2 aliphatic heterocycles. The molecule has 2 aromatic rings. The van der Waals surface area contributed by atoms with Gasteiger partial charge >= 0.3 is 0 Å². The topological polar surface area (TPSA) is 69.6 Å². The van der Waals surface area contributed by atoms with Crippen molar-refractivity contribution in [3.05, 3.63) is 47.5 Å². The molecule has 3 heterocycles. The highest BCUT2D eigenvalue weighted by Crippen LogP contribution is 2.24. The summed E-state index contributed by atoms with van der Waals surface area (Å²) < 4.78 is 40.3. The predicted octanol–water partition coefficient (Wildman–Crippen LogP) is 2.18. The van der Waals surface area contributed by atoms with Crippen molar-refractivity contribution in [1.29, 1.82) is 0 Å². The summed E-state index contributed by atoms with van der Waals surface area (Å²) in [5, 5.41) is 0. The number of rotatable bonds is 5. The Labute approximate surface area is 171 Å². The normalized spacial score (nSPS) is 18.4. The zero-order valence-electron chi connectivity index (χ0n) is 16.6. The number of aromatic nitrogens is 2. The number of nitrogens with zero attached hydrogens (tertiary/aromatic N) is 5. The summed E-state index contributed by atoms with van der Waals surface area (Å²) in [6, 6.07) is 7.77. The lowest BCUT2D eigenvalue weighted by Crippen LogP contribution is -2.49. The standard InChI is InChI=1S/C20H26FN5O2S/c1-16-22-19(24-7-2-3-8-24)14-20(23-16)25-9-11-26(12-10-25)29(27,28)15-17-5-4-6-18(21)13-17/h4-6,13-14H,2-3,7-12,15H2,1H3. The Morgan fingerprint density at radius 1 is 0.931 bits per heavy atom. The Morgan fingerprint density at radius 3 is 2.17 bits per heavy atom. The number of sulfonamides is 1. The van der Waals surface area contributed by atoms with Crippen LogP contribution in [0.4, 0.5) is 16.0 Å². The zero-order chi connectivity index (χ0) is 20.4. The number of anilines is 2. The largest absolute Gasteiger partial charge is 0.356 e. The second-order valence-corrected chi connectivity index (χ2v) is 9.57. The van der Waals surface area contributed by atoms with Crippen LogP contribution in [0.5, 0.6) is 0 Å². The zero-order valence-corrected chi connectivity index (χ0v) is 17.4. The van der Waals surface area contributed by atoms with Gasteiger partial charge in [-0.3, -0.25) is 0 Å². The molecule has 0 unspecified atom stereocenters. The Kier molecular flexibility index (Phi) is 5.69. The van der Waals surface area contributed by atoms with Crippen LogP contribution in [0.25, 0.3) is 0 Å². The Balaban J connectivity index is 1.42. The third-order valence-electron chi connectivity index (χ3n) is 5.44. The lowest BCUT2D eigenvalue weighted by atomic mass is 10.2. The van der Waals surface area contributed by atoms with Crippen LogP contribution in [0.15, 0.2) is 30.3 Å². The summed E-state index contributed by atoms with van der Waals surface area (Å²) >= 11 is 0. The number of hydrogen-bond donors (Lipinski definition) is 0. The first-order chi connectivity index (χ1) is 13.9. The quantitative estimate of drug-likeness (QED) is 0.740. The summed E-state index contributed by atoms with van der Waals surface area (Å²) in [4.78, 5) is 13.5. The van der Waals surface area contributed by atoms with E-state index >= 15 is 0 Å². The molecule has 0 bridgehead atoms. The Bertz CT molecular complexity index is 971. The van der Waals surface area contributed by atoms with Gasteiger partial charge in [0.15, 0.2) is 0 Å². The van der Waals surface area contributed by atoms with E-state index in [4.69, 9.17) is 0 Å². The molecular weight excluding hydrogens is 393 g/mol. The highest BCUT2D eigenvalue weighted by atomic mass is 32.2. The SMILES string of the molecule is Cc1nc(N2CCCC2)cc(N2CCN(S(=O)(=O)Cc3cccc(F)c3)CC2)n1. The fraction of sp³-hybridized carbons (Fsp3) is 0.500. The van der Waals surface area contributed by atoms with Crippen LogP contribution in [0.2, 0.25) is 0 Å². The van der Waals surface area contributed by atoms with Gasteiger partial charge in [0.1, 0.15) is 23.3 Å². The summed E-state index contributed by atoms with van der Waals surface area (Å²) in [5.74, 6) is 1.92.